The van der Waals surface area contributed by atoms with Gasteiger partial charge in [-0.25, -0.2) is 4.98 Å². The normalized spacial score (nSPS) is 10.3. The van der Waals surface area contributed by atoms with Crippen LogP contribution in [0.15, 0.2) is 23.4 Å². The average Bonchev–Trinajstić information content (AvgIpc) is 2.29. The summed E-state index contributed by atoms with van der Waals surface area (Å²) in [6, 6.07) is 3.18. The Balaban J connectivity index is 2.29. The van der Waals surface area contributed by atoms with Crippen LogP contribution >= 0.6 is 21.6 Å². The molecule has 0 saturated carbocycles. The monoisotopic (exact) mass is 258 g/mol. The van der Waals surface area contributed by atoms with Crippen LogP contribution < -0.4 is 0 Å². The molecule has 0 saturated heterocycles. The maximum Gasteiger partial charge on any atom is 0.287 e. The smallest absolute Gasteiger partial charge is 0.258 e. The number of aromatic nitrogens is 1. The molecule has 0 aliphatic heterocycles. The van der Waals surface area contributed by atoms with E-state index in [0.717, 1.165) is 10.8 Å². The maximum atomic E-state index is 10.4. The SMILES string of the molecule is CCCCCSSc1ccc([N+](=O)[O-])cn1. The molecule has 6 heteroatoms. The number of nitro groups is 1. The molecule has 0 spiro atoms. The summed E-state index contributed by atoms with van der Waals surface area (Å²) in [5.41, 5.74) is 0.0420. The molecule has 0 amide bonds. The summed E-state index contributed by atoms with van der Waals surface area (Å²) in [6.45, 7) is 2.18. The van der Waals surface area contributed by atoms with E-state index in [1.54, 1.807) is 27.7 Å². The largest absolute Gasteiger partial charge is 0.287 e. The molecular weight excluding hydrogens is 244 g/mol. The van der Waals surface area contributed by atoms with Crippen LogP contribution in [0, 0.1) is 10.1 Å². The summed E-state index contributed by atoms with van der Waals surface area (Å²) < 4.78 is 0. The molecule has 0 radical (unpaired) electrons. The quantitative estimate of drug-likeness (QED) is 0.321. The van der Waals surface area contributed by atoms with E-state index in [1.165, 1.54) is 31.5 Å². The minimum atomic E-state index is -0.435. The molecule has 0 aliphatic carbocycles. The molecule has 1 aromatic heterocycles. The van der Waals surface area contributed by atoms with Crippen molar-refractivity contribution in [3.8, 4) is 0 Å². The molecule has 0 aromatic carbocycles. The minimum absolute atomic E-state index is 0.0420. The van der Waals surface area contributed by atoms with Gasteiger partial charge < -0.3 is 0 Å². The Bertz CT molecular complexity index is 330. The van der Waals surface area contributed by atoms with Gasteiger partial charge in [-0.3, -0.25) is 10.1 Å². The van der Waals surface area contributed by atoms with Crippen molar-refractivity contribution in [1.29, 1.82) is 0 Å². The predicted molar refractivity (Wildman–Crippen MR) is 68.7 cm³/mol. The standard InChI is InChI=1S/C10H14N2O2S2/c1-2-3-4-7-15-16-10-6-5-9(8-11-10)12(13)14/h5-6,8H,2-4,7H2,1H3. The van der Waals surface area contributed by atoms with Crippen molar-refractivity contribution in [2.75, 3.05) is 5.75 Å². The second kappa shape index (κ2) is 7.51. The topological polar surface area (TPSA) is 56.0 Å². The lowest BCUT2D eigenvalue weighted by atomic mass is 10.3. The third-order valence-electron chi connectivity index (χ3n) is 1.91. The van der Waals surface area contributed by atoms with Gasteiger partial charge in [0.25, 0.3) is 5.69 Å². The highest BCUT2D eigenvalue weighted by molar-refractivity contribution is 8.76. The lowest BCUT2D eigenvalue weighted by Gasteiger charge is -1.99. The number of hydrogen-bond donors (Lipinski definition) is 0. The first-order valence-electron chi connectivity index (χ1n) is 5.14. The number of pyridine rings is 1. The molecule has 0 N–H and O–H groups in total. The maximum absolute atomic E-state index is 10.4. The Kier molecular flexibility index (Phi) is 6.25. The van der Waals surface area contributed by atoms with E-state index in [0.29, 0.717) is 0 Å². The summed E-state index contributed by atoms with van der Waals surface area (Å²) in [5.74, 6) is 1.09. The van der Waals surface area contributed by atoms with Gasteiger partial charge in [0.1, 0.15) is 11.2 Å². The molecule has 0 unspecified atom stereocenters. The van der Waals surface area contributed by atoms with Crippen molar-refractivity contribution >= 4 is 27.3 Å². The van der Waals surface area contributed by atoms with E-state index >= 15 is 0 Å². The van der Waals surface area contributed by atoms with Crippen molar-refractivity contribution in [2.45, 2.75) is 31.2 Å². The van der Waals surface area contributed by atoms with Gasteiger partial charge in [0, 0.05) is 11.8 Å². The highest BCUT2D eigenvalue weighted by atomic mass is 33.1. The molecule has 0 aliphatic rings. The summed E-state index contributed by atoms with van der Waals surface area (Å²) in [4.78, 5) is 14.0. The number of hydrogen-bond acceptors (Lipinski definition) is 5. The lowest BCUT2D eigenvalue weighted by molar-refractivity contribution is -0.385. The van der Waals surface area contributed by atoms with Crippen LogP contribution in [0.5, 0.6) is 0 Å². The predicted octanol–water partition coefficient (Wildman–Crippen LogP) is 3.92. The molecule has 0 atom stereocenters. The molecule has 0 bridgehead atoms. The van der Waals surface area contributed by atoms with Gasteiger partial charge in [0.15, 0.2) is 0 Å². The lowest BCUT2D eigenvalue weighted by Crippen LogP contribution is -1.88. The number of unbranched alkanes of at least 4 members (excludes halogenated alkanes) is 2. The summed E-state index contributed by atoms with van der Waals surface area (Å²) in [5, 5.41) is 11.2. The fourth-order valence-corrected chi connectivity index (χ4v) is 3.05. The fraction of sp³-hybridized carbons (Fsp3) is 0.500. The van der Waals surface area contributed by atoms with Crippen LogP contribution in [0.2, 0.25) is 0 Å². The van der Waals surface area contributed by atoms with E-state index in [-0.39, 0.29) is 5.69 Å². The van der Waals surface area contributed by atoms with Gasteiger partial charge in [-0.15, -0.1) is 0 Å². The third kappa shape index (κ3) is 4.85. The summed E-state index contributed by atoms with van der Waals surface area (Å²) in [6.07, 6.45) is 4.98. The first-order valence-corrected chi connectivity index (χ1v) is 7.46. The van der Waals surface area contributed by atoms with Gasteiger partial charge in [-0.1, -0.05) is 30.6 Å². The van der Waals surface area contributed by atoms with Crippen LogP contribution in [0.4, 0.5) is 5.69 Å². The first kappa shape index (κ1) is 13.3. The van der Waals surface area contributed by atoms with Gasteiger partial charge in [-0.2, -0.15) is 0 Å². The highest BCUT2D eigenvalue weighted by Crippen LogP contribution is 2.30. The zero-order valence-corrected chi connectivity index (χ0v) is 10.7. The van der Waals surface area contributed by atoms with Crippen molar-refractivity contribution in [3.63, 3.8) is 0 Å². The second-order valence-electron chi connectivity index (χ2n) is 3.22. The summed E-state index contributed by atoms with van der Waals surface area (Å²) in [7, 11) is 3.32. The van der Waals surface area contributed by atoms with Crippen LogP contribution in [0.1, 0.15) is 26.2 Å². The van der Waals surface area contributed by atoms with Crippen molar-refractivity contribution in [3.05, 3.63) is 28.4 Å². The van der Waals surface area contributed by atoms with Crippen LogP contribution in [0.3, 0.4) is 0 Å². The number of nitrogens with zero attached hydrogens (tertiary/aromatic N) is 2. The van der Waals surface area contributed by atoms with E-state index in [4.69, 9.17) is 0 Å². The highest BCUT2D eigenvalue weighted by Gasteiger charge is 2.05. The molecule has 1 aromatic rings. The van der Waals surface area contributed by atoms with Gasteiger partial charge in [-0.05, 0) is 23.3 Å². The van der Waals surface area contributed by atoms with E-state index < -0.39 is 4.92 Å². The van der Waals surface area contributed by atoms with Gasteiger partial charge in [0.05, 0.1) is 4.92 Å². The molecule has 88 valence electrons. The Labute approximate surface area is 103 Å². The number of rotatable bonds is 7. The van der Waals surface area contributed by atoms with Crippen LogP contribution in [-0.2, 0) is 0 Å². The zero-order chi connectivity index (χ0) is 11.8. The molecule has 0 fully saturated rings. The van der Waals surface area contributed by atoms with E-state index in [9.17, 15) is 10.1 Å². The van der Waals surface area contributed by atoms with Crippen LogP contribution in [-0.4, -0.2) is 15.7 Å². The Morgan fingerprint density at radius 1 is 1.44 bits per heavy atom. The van der Waals surface area contributed by atoms with E-state index in [2.05, 4.69) is 11.9 Å². The molecule has 1 heterocycles. The van der Waals surface area contributed by atoms with Crippen molar-refractivity contribution in [2.24, 2.45) is 0 Å². The van der Waals surface area contributed by atoms with Crippen LogP contribution in [0.25, 0.3) is 0 Å². The Morgan fingerprint density at radius 3 is 2.81 bits per heavy atom. The summed E-state index contributed by atoms with van der Waals surface area (Å²) >= 11 is 0. The van der Waals surface area contributed by atoms with Gasteiger partial charge >= 0.3 is 0 Å². The first-order chi connectivity index (χ1) is 7.74. The fourth-order valence-electron chi connectivity index (χ4n) is 1.04. The molecule has 1 rings (SSSR count). The second-order valence-corrected chi connectivity index (χ2v) is 5.66. The molecular formula is C10H14N2O2S2. The zero-order valence-electron chi connectivity index (χ0n) is 9.09. The third-order valence-corrected chi connectivity index (χ3v) is 4.26. The average molecular weight is 258 g/mol. The van der Waals surface area contributed by atoms with Crippen molar-refractivity contribution in [1.82, 2.24) is 4.98 Å². The minimum Gasteiger partial charge on any atom is -0.258 e. The van der Waals surface area contributed by atoms with Gasteiger partial charge in [0.2, 0.25) is 0 Å². The molecule has 16 heavy (non-hydrogen) atoms. The Hall–Kier alpha value is -0.750. The van der Waals surface area contributed by atoms with E-state index in [1.807, 2.05) is 0 Å². The van der Waals surface area contributed by atoms with Crippen molar-refractivity contribution < 1.29 is 4.92 Å². The Morgan fingerprint density at radius 2 is 2.25 bits per heavy atom. The molecule has 4 nitrogen and oxygen atoms in total.